The molecule has 2 heterocycles. The summed E-state index contributed by atoms with van der Waals surface area (Å²) in [6.45, 7) is 2.42. The topological polar surface area (TPSA) is 72.5 Å². The summed E-state index contributed by atoms with van der Waals surface area (Å²) in [5.74, 6) is 0.277. The van der Waals surface area contributed by atoms with Crippen LogP contribution < -0.4 is 10.1 Å². The van der Waals surface area contributed by atoms with Crippen molar-refractivity contribution in [1.82, 2.24) is 0 Å². The quantitative estimate of drug-likeness (QED) is 0.671. The van der Waals surface area contributed by atoms with Crippen LogP contribution in [0.2, 0.25) is 0 Å². The number of amides is 1. The fraction of sp³-hybridized carbons (Fsp3) is 0.190. The number of hydrogen-bond donors (Lipinski definition) is 1. The van der Waals surface area contributed by atoms with Crippen molar-refractivity contribution >= 4 is 32.8 Å². The molecule has 1 N–H and O–H groups in total. The van der Waals surface area contributed by atoms with Gasteiger partial charge in [0.15, 0.2) is 0 Å². The molecule has 1 atom stereocenters. The number of anilines is 1. The first-order valence-corrected chi connectivity index (χ1v) is 11.3. The zero-order valence-electron chi connectivity index (χ0n) is 15.2. The van der Waals surface area contributed by atoms with E-state index in [1.807, 2.05) is 31.2 Å². The van der Waals surface area contributed by atoms with Gasteiger partial charge in [-0.3, -0.25) is 4.79 Å². The summed E-state index contributed by atoms with van der Waals surface area (Å²) in [6.07, 6.45) is 0.252. The van der Waals surface area contributed by atoms with Crippen LogP contribution in [0.5, 0.6) is 5.75 Å². The Morgan fingerprint density at radius 2 is 1.82 bits per heavy atom. The minimum atomic E-state index is -3.72. The first kappa shape index (κ1) is 18.7. The van der Waals surface area contributed by atoms with Crippen molar-refractivity contribution in [1.29, 1.82) is 0 Å². The van der Waals surface area contributed by atoms with Gasteiger partial charge in [-0.2, -0.15) is 0 Å². The summed E-state index contributed by atoms with van der Waals surface area (Å²) in [5, 5.41) is 4.41. The van der Waals surface area contributed by atoms with Gasteiger partial charge in [0.1, 0.15) is 10.6 Å². The molecule has 1 aromatic heterocycles. The number of para-hydroxylation sites is 1. The number of ether oxygens (including phenoxy) is 1. The van der Waals surface area contributed by atoms with Crippen molar-refractivity contribution in [3.63, 3.8) is 0 Å². The molecular weight excluding hydrogens is 394 g/mol. The Balaban J connectivity index is 1.84. The Kier molecular flexibility index (Phi) is 4.95. The Morgan fingerprint density at radius 1 is 1.11 bits per heavy atom. The molecule has 4 rings (SSSR count). The zero-order valence-corrected chi connectivity index (χ0v) is 16.8. The van der Waals surface area contributed by atoms with Crippen LogP contribution in [0.15, 0.2) is 69.8 Å². The second-order valence-electron chi connectivity index (χ2n) is 6.43. The van der Waals surface area contributed by atoms with Gasteiger partial charge in [0, 0.05) is 28.2 Å². The molecule has 3 aromatic rings. The number of hydrogen-bond acceptors (Lipinski definition) is 5. The molecule has 7 heteroatoms. The highest BCUT2D eigenvalue weighted by Crippen LogP contribution is 2.47. The van der Waals surface area contributed by atoms with Gasteiger partial charge in [-0.1, -0.05) is 36.4 Å². The third kappa shape index (κ3) is 3.21. The number of carbonyl (C=O) groups is 1. The molecule has 28 heavy (non-hydrogen) atoms. The van der Waals surface area contributed by atoms with Gasteiger partial charge >= 0.3 is 0 Å². The van der Waals surface area contributed by atoms with Crippen LogP contribution in [-0.2, 0) is 14.6 Å². The number of nitrogens with one attached hydrogen (secondary N) is 1. The average molecular weight is 414 g/mol. The lowest BCUT2D eigenvalue weighted by Gasteiger charge is -2.25. The molecule has 0 aliphatic carbocycles. The fourth-order valence-corrected chi connectivity index (χ4v) is 6.36. The predicted molar refractivity (Wildman–Crippen MR) is 109 cm³/mol. The van der Waals surface area contributed by atoms with Crippen molar-refractivity contribution in [3.05, 3.63) is 70.4 Å². The number of rotatable bonds is 5. The third-order valence-electron chi connectivity index (χ3n) is 4.69. The van der Waals surface area contributed by atoms with Gasteiger partial charge in [-0.25, -0.2) is 8.42 Å². The highest BCUT2D eigenvalue weighted by molar-refractivity contribution is 7.91. The van der Waals surface area contributed by atoms with E-state index in [1.165, 1.54) is 11.3 Å². The standard InChI is InChI=1S/C21H19NO4S2/c1-2-26-17-11-7-6-10-15(17)16-12-19(23)22-20-18(13-27-21(16)20)28(24,25)14-8-4-3-5-9-14/h3-11,13,16H,2,12H2,1H3,(H,22,23)/t16-/m1/s1. The van der Waals surface area contributed by atoms with E-state index in [2.05, 4.69) is 5.32 Å². The van der Waals surface area contributed by atoms with E-state index in [-0.39, 0.29) is 28.0 Å². The molecule has 144 valence electrons. The maximum absolute atomic E-state index is 13.1. The van der Waals surface area contributed by atoms with Gasteiger partial charge in [0.2, 0.25) is 15.7 Å². The lowest BCUT2D eigenvalue weighted by atomic mass is 9.90. The van der Waals surface area contributed by atoms with Gasteiger partial charge in [0.05, 0.1) is 17.2 Å². The maximum Gasteiger partial charge on any atom is 0.225 e. The Labute approximate surface area is 167 Å². The number of carbonyl (C=O) groups excluding carboxylic acids is 1. The number of thiophene rings is 1. The largest absolute Gasteiger partial charge is 0.494 e. The normalized spacial score (nSPS) is 16.3. The SMILES string of the molecule is CCOc1ccccc1[C@H]1CC(=O)Nc2c(S(=O)(=O)c3ccccc3)csc21. The molecule has 2 aromatic carbocycles. The molecule has 0 radical (unpaired) electrons. The molecule has 1 aliphatic rings. The Morgan fingerprint density at radius 3 is 2.57 bits per heavy atom. The zero-order chi connectivity index (χ0) is 19.7. The molecule has 1 aliphatic heterocycles. The van der Waals surface area contributed by atoms with Gasteiger partial charge in [0.25, 0.3) is 0 Å². The number of sulfone groups is 1. The Hall–Kier alpha value is -2.64. The lowest BCUT2D eigenvalue weighted by molar-refractivity contribution is -0.116. The van der Waals surface area contributed by atoms with Crippen LogP contribution in [0.25, 0.3) is 0 Å². The molecule has 0 spiro atoms. The van der Waals surface area contributed by atoms with Crippen molar-refractivity contribution in [2.75, 3.05) is 11.9 Å². The van der Waals surface area contributed by atoms with E-state index in [0.29, 0.717) is 12.3 Å². The molecular formula is C21H19NO4S2. The second-order valence-corrected chi connectivity index (χ2v) is 9.26. The van der Waals surface area contributed by atoms with E-state index < -0.39 is 9.84 Å². The van der Waals surface area contributed by atoms with Crippen LogP contribution in [0.3, 0.4) is 0 Å². The van der Waals surface area contributed by atoms with Crippen molar-refractivity contribution in [3.8, 4) is 5.75 Å². The molecule has 0 saturated carbocycles. The Bertz CT molecular complexity index is 1120. The fourth-order valence-electron chi connectivity index (χ4n) is 3.44. The average Bonchev–Trinajstić information content (AvgIpc) is 3.13. The van der Waals surface area contributed by atoms with Crippen molar-refractivity contribution < 1.29 is 17.9 Å². The van der Waals surface area contributed by atoms with Crippen LogP contribution in [-0.4, -0.2) is 20.9 Å². The van der Waals surface area contributed by atoms with Crippen LogP contribution >= 0.6 is 11.3 Å². The first-order chi connectivity index (χ1) is 13.5. The second kappa shape index (κ2) is 7.41. The highest BCUT2D eigenvalue weighted by Gasteiger charge is 2.35. The van der Waals surface area contributed by atoms with Crippen molar-refractivity contribution in [2.45, 2.75) is 29.1 Å². The van der Waals surface area contributed by atoms with Crippen LogP contribution in [0, 0.1) is 0 Å². The molecule has 0 unspecified atom stereocenters. The molecule has 5 nitrogen and oxygen atoms in total. The van der Waals surface area contributed by atoms with E-state index in [9.17, 15) is 13.2 Å². The van der Waals surface area contributed by atoms with Crippen molar-refractivity contribution in [2.24, 2.45) is 0 Å². The van der Waals surface area contributed by atoms with E-state index in [1.54, 1.807) is 35.7 Å². The molecule has 0 saturated heterocycles. The predicted octanol–water partition coefficient (Wildman–Crippen LogP) is 4.45. The monoisotopic (exact) mass is 413 g/mol. The molecule has 0 bridgehead atoms. The molecule has 1 amide bonds. The van der Waals surface area contributed by atoms with Gasteiger partial charge < -0.3 is 10.1 Å². The number of benzene rings is 2. The van der Waals surface area contributed by atoms with Gasteiger partial charge in [-0.05, 0) is 25.1 Å². The summed E-state index contributed by atoms with van der Waals surface area (Å²) >= 11 is 1.36. The maximum atomic E-state index is 13.1. The van der Waals surface area contributed by atoms with E-state index in [4.69, 9.17) is 4.74 Å². The molecule has 0 fully saturated rings. The summed E-state index contributed by atoms with van der Waals surface area (Å²) in [4.78, 5) is 13.6. The summed E-state index contributed by atoms with van der Waals surface area (Å²) in [6, 6.07) is 15.9. The minimum Gasteiger partial charge on any atom is -0.494 e. The number of fused-ring (bicyclic) bond motifs is 1. The minimum absolute atomic E-state index is 0.144. The van der Waals surface area contributed by atoms with E-state index in [0.717, 1.165) is 16.2 Å². The summed E-state index contributed by atoms with van der Waals surface area (Å²) in [7, 11) is -3.72. The van der Waals surface area contributed by atoms with Crippen LogP contribution in [0.1, 0.15) is 29.7 Å². The summed E-state index contributed by atoms with van der Waals surface area (Å²) in [5.41, 5.74) is 1.28. The van der Waals surface area contributed by atoms with E-state index >= 15 is 0 Å². The third-order valence-corrected chi connectivity index (χ3v) is 7.73. The van der Waals surface area contributed by atoms with Gasteiger partial charge in [-0.15, -0.1) is 11.3 Å². The highest BCUT2D eigenvalue weighted by atomic mass is 32.2. The van der Waals surface area contributed by atoms with Crippen LogP contribution in [0.4, 0.5) is 5.69 Å². The first-order valence-electron chi connectivity index (χ1n) is 8.95. The summed E-state index contributed by atoms with van der Waals surface area (Å²) < 4.78 is 32.0. The lowest BCUT2D eigenvalue weighted by Crippen LogP contribution is -2.23. The smallest absolute Gasteiger partial charge is 0.225 e.